The first-order valence-electron chi connectivity index (χ1n) is 6.51. The minimum absolute atomic E-state index is 0.0308. The minimum atomic E-state index is -0.444. The Morgan fingerprint density at radius 2 is 2.15 bits per heavy atom. The number of nitrogens with zero attached hydrogens (tertiary/aromatic N) is 2. The molecule has 106 valence electrons. The minimum Gasteiger partial charge on any atom is -0.336 e. The van der Waals surface area contributed by atoms with Crippen LogP contribution in [0.5, 0.6) is 0 Å². The lowest BCUT2D eigenvalue weighted by Gasteiger charge is -2.31. The van der Waals surface area contributed by atoms with E-state index < -0.39 is 4.92 Å². The molecule has 1 aromatic rings. The van der Waals surface area contributed by atoms with E-state index in [-0.39, 0.29) is 11.6 Å². The van der Waals surface area contributed by atoms with Gasteiger partial charge in [-0.1, -0.05) is 0 Å². The molecule has 1 aromatic carbocycles. The molecule has 1 saturated heterocycles. The molecule has 1 heterocycles. The van der Waals surface area contributed by atoms with Crippen LogP contribution in [0.1, 0.15) is 12.5 Å². The third-order valence-corrected chi connectivity index (χ3v) is 3.20. The predicted octanol–water partition coefficient (Wildman–Crippen LogP) is 1.43. The molecular formula is C14H17N3O3. The summed E-state index contributed by atoms with van der Waals surface area (Å²) in [6, 6.07) is 6.42. The molecule has 2 rings (SSSR count). The highest BCUT2D eigenvalue weighted by atomic mass is 16.6. The summed E-state index contributed by atoms with van der Waals surface area (Å²) in [6.45, 7) is 4.25. The number of carbonyl (C=O) groups excluding carboxylic acids is 1. The highest BCUT2D eigenvalue weighted by Crippen LogP contribution is 2.13. The van der Waals surface area contributed by atoms with E-state index >= 15 is 0 Å². The molecule has 0 bridgehead atoms. The predicted molar refractivity (Wildman–Crippen MR) is 76.2 cm³/mol. The monoisotopic (exact) mass is 275 g/mol. The average molecular weight is 275 g/mol. The molecule has 1 atom stereocenters. The quantitative estimate of drug-likeness (QED) is 0.514. The molecule has 0 spiro atoms. The highest BCUT2D eigenvalue weighted by Gasteiger charge is 2.18. The Bertz CT molecular complexity index is 525. The van der Waals surface area contributed by atoms with Gasteiger partial charge in [-0.25, -0.2) is 0 Å². The summed E-state index contributed by atoms with van der Waals surface area (Å²) in [6.07, 6.45) is 3.19. The molecule has 1 amide bonds. The molecule has 0 unspecified atom stereocenters. The summed E-state index contributed by atoms with van der Waals surface area (Å²) in [5.74, 6) is -0.0308. The van der Waals surface area contributed by atoms with Gasteiger partial charge in [0.2, 0.25) is 5.91 Å². The average Bonchev–Trinajstić information content (AvgIpc) is 2.45. The van der Waals surface area contributed by atoms with E-state index in [1.807, 2.05) is 6.92 Å². The fraction of sp³-hybridized carbons (Fsp3) is 0.357. The maximum Gasteiger partial charge on any atom is 0.269 e. The van der Waals surface area contributed by atoms with Gasteiger partial charge in [-0.3, -0.25) is 14.9 Å². The first kappa shape index (κ1) is 14.2. The van der Waals surface area contributed by atoms with Gasteiger partial charge >= 0.3 is 0 Å². The van der Waals surface area contributed by atoms with Crippen molar-refractivity contribution in [2.24, 2.45) is 0 Å². The van der Waals surface area contributed by atoms with Gasteiger partial charge in [0, 0.05) is 43.9 Å². The summed E-state index contributed by atoms with van der Waals surface area (Å²) < 4.78 is 0. The van der Waals surface area contributed by atoms with Gasteiger partial charge in [0.15, 0.2) is 0 Å². The lowest BCUT2D eigenvalue weighted by Crippen LogP contribution is -2.50. The van der Waals surface area contributed by atoms with Crippen LogP contribution in [-0.4, -0.2) is 41.4 Å². The number of hydrogen-bond acceptors (Lipinski definition) is 4. The number of amides is 1. The van der Waals surface area contributed by atoms with Gasteiger partial charge in [-0.2, -0.15) is 0 Å². The van der Waals surface area contributed by atoms with Crippen LogP contribution < -0.4 is 5.32 Å². The zero-order valence-electron chi connectivity index (χ0n) is 11.3. The van der Waals surface area contributed by atoms with Crippen molar-refractivity contribution in [1.29, 1.82) is 0 Å². The number of hydrogen-bond donors (Lipinski definition) is 1. The molecule has 1 aliphatic heterocycles. The topological polar surface area (TPSA) is 75.5 Å². The number of carbonyl (C=O) groups is 1. The molecule has 0 aromatic heterocycles. The molecule has 1 aliphatic rings. The number of piperazine rings is 1. The van der Waals surface area contributed by atoms with E-state index in [0.717, 1.165) is 12.1 Å². The molecule has 1 N–H and O–H groups in total. The van der Waals surface area contributed by atoms with Crippen LogP contribution in [0, 0.1) is 10.1 Å². The summed E-state index contributed by atoms with van der Waals surface area (Å²) in [5, 5.41) is 13.8. The highest BCUT2D eigenvalue weighted by molar-refractivity contribution is 5.91. The lowest BCUT2D eigenvalue weighted by atomic mass is 10.2. The van der Waals surface area contributed by atoms with E-state index in [1.165, 1.54) is 18.2 Å². The molecule has 0 saturated carbocycles. The van der Waals surface area contributed by atoms with Crippen molar-refractivity contribution >= 4 is 17.7 Å². The van der Waals surface area contributed by atoms with Crippen LogP contribution in [0.2, 0.25) is 0 Å². The van der Waals surface area contributed by atoms with Crippen molar-refractivity contribution in [2.45, 2.75) is 13.0 Å². The SMILES string of the molecule is C[C@@H]1CN(C(=O)/C=C/c2ccc([N+](=O)[O-])cc2)CCN1. The Morgan fingerprint density at radius 1 is 1.45 bits per heavy atom. The number of non-ortho nitro benzene ring substituents is 1. The first-order valence-corrected chi connectivity index (χ1v) is 6.51. The van der Waals surface area contributed by atoms with Crippen LogP contribution in [0.15, 0.2) is 30.3 Å². The van der Waals surface area contributed by atoms with Gasteiger partial charge in [-0.05, 0) is 30.7 Å². The second kappa shape index (κ2) is 6.29. The largest absolute Gasteiger partial charge is 0.336 e. The summed E-state index contributed by atoms with van der Waals surface area (Å²) in [4.78, 5) is 23.9. The first-order chi connectivity index (χ1) is 9.56. The molecule has 1 fully saturated rings. The Hall–Kier alpha value is -2.21. The van der Waals surface area contributed by atoms with E-state index in [1.54, 1.807) is 23.1 Å². The number of nitro groups is 1. The zero-order chi connectivity index (χ0) is 14.5. The fourth-order valence-electron chi connectivity index (χ4n) is 2.11. The Kier molecular flexibility index (Phi) is 4.47. The van der Waals surface area contributed by atoms with Crippen molar-refractivity contribution in [1.82, 2.24) is 10.2 Å². The number of nitro benzene ring substituents is 1. The van der Waals surface area contributed by atoms with Crippen molar-refractivity contribution in [2.75, 3.05) is 19.6 Å². The Balaban J connectivity index is 1.97. The number of benzene rings is 1. The van der Waals surface area contributed by atoms with Crippen LogP contribution in [-0.2, 0) is 4.79 Å². The van der Waals surface area contributed by atoms with Gasteiger partial charge < -0.3 is 10.2 Å². The Morgan fingerprint density at radius 3 is 2.75 bits per heavy atom. The van der Waals surface area contributed by atoms with E-state index in [9.17, 15) is 14.9 Å². The van der Waals surface area contributed by atoms with Crippen LogP contribution in [0.4, 0.5) is 5.69 Å². The smallest absolute Gasteiger partial charge is 0.269 e. The number of nitrogens with one attached hydrogen (secondary N) is 1. The van der Waals surface area contributed by atoms with Gasteiger partial charge in [0.05, 0.1) is 4.92 Å². The molecule has 20 heavy (non-hydrogen) atoms. The van der Waals surface area contributed by atoms with E-state index in [4.69, 9.17) is 0 Å². The van der Waals surface area contributed by atoms with Crippen molar-refractivity contribution < 1.29 is 9.72 Å². The van der Waals surface area contributed by atoms with Crippen molar-refractivity contribution in [3.8, 4) is 0 Å². The van der Waals surface area contributed by atoms with E-state index in [2.05, 4.69) is 5.32 Å². The third-order valence-electron chi connectivity index (χ3n) is 3.20. The van der Waals surface area contributed by atoms with Crippen LogP contribution >= 0.6 is 0 Å². The lowest BCUT2D eigenvalue weighted by molar-refractivity contribution is -0.384. The second-order valence-corrected chi connectivity index (χ2v) is 4.82. The van der Waals surface area contributed by atoms with Crippen LogP contribution in [0.3, 0.4) is 0 Å². The number of rotatable bonds is 3. The molecule has 0 aliphatic carbocycles. The maximum atomic E-state index is 12.0. The second-order valence-electron chi connectivity index (χ2n) is 4.82. The summed E-state index contributed by atoms with van der Waals surface area (Å²) >= 11 is 0. The Labute approximate surface area is 117 Å². The molecule has 6 nitrogen and oxygen atoms in total. The summed E-state index contributed by atoms with van der Waals surface area (Å²) in [5.41, 5.74) is 0.816. The normalized spacial score (nSPS) is 19.2. The van der Waals surface area contributed by atoms with Crippen molar-refractivity contribution in [3.63, 3.8) is 0 Å². The van der Waals surface area contributed by atoms with Crippen LogP contribution in [0.25, 0.3) is 6.08 Å². The molecule has 6 heteroatoms. The van der Waals surface area contributed by atoms with E-state index in [0.29, 0.717) is 19.1 Å². The summed E-state index contributed by atoms with van der Waals surface area (Å²) in [7, 11) is 0. The standard InChI is InChI=1S/C14H17N3O3/c1-11-10-16(9-8-15-11)14(18)7-4-12-2-5-13(6-3-12)17(19)20/h2-7,11,15H,8-10H2,1H3/b7-4+/t11-/m1/s1. The van der Waals surface area contributed by atoms with Gasteiger partial charge in [-0.15, -0.1) is 0 Å². The van der Waals surface area contributed by atoms with Gasteiger partial charge in [0.1, 0.15) is 0 Å². The fourth-order valence-corrected chi connectivity index (χ4v) is 2.11. The molecule has 0 radical (unpaired) electrons. The van der Waals surface area contributed by atoms with Gasteiger partial charge in [0.25, 0.3) is 5.69 Å². The molecular weight excluding hydrogens is 258 g/mol. The van der Waals surface area contributed by atoms with Crippen molar-refractivity contribution in [3.05, 3.63) is 46.0 Å². The zero-order valence-corrected chi connectivity index (χ0v) is 11.3. The maximum absolute atomic E-state index is 12.0. The third kappa shape index (κ3) is 3.64.